The lowest BCUT2D eigenvalue weighted by atomic mass is 9.83. The number of aliphatic carboxylic acids is 1. The van der Waals surface area contributed by atoms with Crippen molar-refractivity contribution in [2.75, 3.05) is 13.2 Å². The first-order valence-electron chi connectivity index (χ1n) is 8.15. The van der Waals surface area contributed by atoms with Crippen LogP contribution in [-0.4, -0.2) is 36.2 Å². The monoisotopic (exact) mass is 337 g/mol. The fourth-order valence-corrected chi connectivity index (χ4v) is 2.29. The van der Waals surface area contributed by atoms with Crippen molar-refractivity contribution >= 4 is 11.9 Å². The lowest BCUT2D eigenvalue weighted by molar-refractivity contribution is -0.137. The van der Waals surface area contributed by atoms with Crippen LogP contribution in [0.3, 0.4) is 0 Å². The highest BCUT2D eigenvalue weighted by atomic mass is 16.5. The van der Waals surface area contributed by atoms with Crippen LogP contribution in [0.2, 0.25) is 0 Å². The van der Waals surface area contributed by atoms with Gasteiger partial charge in [0.15, 0.2) is 11.5 Å². The molecule has 1 rings (SSSR count). The van der Waals surface area contributed by atoms with Crippen LogP contribution in [-0.2, 0) is 15.0 Å². The molecule has 0 aliphatic carbocycles. The van der Waals surface area contributed by atoms with Gasteiger partial charge in [0.05, 0.1) is 25.0 Å². The van der Waals surface area contributed by atoms with E-state index in [2.05, 4.69) is 5.32 Å². The second-order valence-corrected chi connectivity index (χ2v) is 6.12. The van der Waals surface area contributed by atoms with Crippen molar-refractivity contribution in [2.24, 2.45) is 0 Å². The predicted octanol–water partition coefficient (Wildman–Crippen LogP) is 2.74. The van der Waals surface area contributed by atoms with Crippen LogP contribution in [0.15, 0.2) is 18.2 Å². The van der Waals surface area contributed by atoms with E-state index in [1.165, 1.54) is 0 Å². The molecular formula is C18H27NO5. The van der Waals surface area contributed by atoms with E-state index in [0.717, 1.165) is 5.56 Å². The fraction of sp³-hybridized carbons (Fsp3) is 0.556. The van der Waals surface area contributed by atoms with E-state index in [9.17, 15) is 9.59 Å². The number of hydrogen-bond donors (Lipinski definition) is 2. The molecule has 0 heterocycles. The van der Waals surface area contributed by atoms with Gasteiger partial charge in [0.2, 0.25) is 5.91 Å². The third-order valence-electron chi connectivity index (χ3n) is 3.69. The van der Waals surface area contributed by atoms with Gasteiger partial charge in [-0.1, -0.05) is 6.07 Å². The summed E-state index contributed by atoms with van der Waals surface area (Å²) in [5, 5.41) is 11.6. The molecule has 0 saturated carbocycles. The summed E-state index contributed by atoms with van der Waals surface area (Å²) in [6, 6.07) is 4.98. The molecule has 0 radical (unpaired) electrons. The van der Waals surface area contributed by atoms with Crippen LogP contribution in [0.25, 0.3) is 0 Å². The minimum Gasteiger partial charge on any atom is -0.490 e. The van der Waals surface area contributed by atoms with E-state index in [4.69, 9.17) is 14.6 Å². The number of carboxylic acids is 1. The largest absolute Gasteiger partial charge is 0.490 e. The number of ether oxygens (including phenoxy) is 2. The maximum Gasteiger partial charge on any atom is 0.305 e. The van der Waals surface area contributed by atoms with Crippen LogP contribution in [0.5, 0.6) is 11.5 Å². The highest BCUT2D eigenvalue weighted by Crippen LogP contribution is 2.34. The van der Waals surface area contributed by atoms with E-state index >= 15 is 0 Å². The van der Waals surface area contributed by atoms with Crippen molar-refractivity contribution in [3.05, 3.63) is 23.8 Å². The van der Waals surface area contributed by atoms with Crippen molar-refractivity contribution in [3.63, 3.8) is 0 Å². The Balaban J connectivity index is 3.01. The molecule has 1 atom stereocenters. The third-order valence-corrected chi connectivity index (χ3v) is 3.69. The Hall–Kier alpha value is -2.24. The number of benzene rings is 1. The Labute approximate surface area is 143 Å². The number of carboxylic acid groups (broad SMARTS) is 1. The Morgan fingerprint density at radius 2 is 1.75 bits per heavy atom. The molecule has 24 heavy (non-hydrogen) atoms. The Morgan fingerprint density at radius 1 is 1.17 bits per heavy atom. The van der Waals surface area contributed by atoms with Crippen molar-refractivity contribution in [1.29, 1.82) is 0 Å². The molecule has 0 fully saturated rings. The zero-order valence-electron chi connectivity index (χ0n) is 15.0. The zero-order valence-corrected chi connectivity index (χ0v) is 15.0. The normalized spacial score (nSPS) is 12.4. The second kappa shape index (κ2) is 8.57. The van der Waals surface area contributed by atoms with Crippen molar-refractivity contribution in [1.82, 2.24) is 5.32 Å². The highest BCUT2D eigenvalue weighted by molar-refractivity contribution is 5.88. The average Bonchev–Trinajstić information content (AvgIpc) is 2.48. The molecule has 134 valence electrons. The molecule has 6 nitrogen and oxygen atoms in total. The van der Waals surface area contributed by atoms with Gasteiger partial charge in [-0.2, -0.15) is 0 Å². The first-order valence-corrected chi connectivity index (χ1v) is 8.15. The average molecular weight is 337 g/mol. The quantitative estimate of drug-likeness (QED) is 0.724. The lowest BCUT2D eigenvalue weighted by Crippen LogP contribution is -2.44. The Kier molecular flexibility index (Phi) is 7.07. The number of carbonyl (C=O) groups is 2. The molecule has 2 N–H and O–H groups in total. The minimum atomic E-state index is -0.944. The second-order valence-electron chi connectivity index (χ2n) is 6.12. The van der Waals surface area contributed by atoms with Gasteiger partial charge in [-0.15, -0.1) is 0 Å². The van der Waals surface area contributed by atoms with Gasteiger partial charge in [0.25, 0.3) is 0 Å². The molecule has 0 aromatic heterocycles. The summed E-state index contributed by atoms with van der Waals surface area (Å²) in [6.07, 6.45) is -0.116. The minimum absolute atomic E-state index is 0.116. The van der Waals surface area contributed by atoms with Gasteiger partial charge in [-0.05, 0) is 52.3 Å². The maximum absolute atomic E-state index is 12.6. The topological polar surface area (TPSA) is 84.9 Å². The summed E-state index contributed by atoms with van der Waals surface area (Å²) in [4.78, 5) is 23.3. The van der Waals surface area contributed by atoms with Crippen LogP contribution >= 0.6 is 0 Å². The predicted molar refractivity (Wildman–Crippen MR) is 91.7 cm³/mol. The fourth-order valence-electron chi connectivity index (χ4n) is 2.29. The van der Waals surface area contributed by atoms with Gasteiger partial charge < -0.3 is 19.9 Å². The SMILES string of the molecule is CCOc1ccc(C(C)(C)C(=O)NC(C)CC(=O)O)cc1OCC. The molecule has 0 spiro atoms. The van der Waals surface area contributed by atoms with E-state index in [-0.39, 0.29) is 12.3 Å². The summed E-state index contributed by atoms with van der Waals surface area (Å²) >= 11 is 0. The molecule has 1 aromatic carbocycles. The molecule has 0 saturated heterocycles. The van der Waals surface area contributed by atoms with Gasteiger partial charge in [0.1, 0.15) is 0 Å². The first kappa shape index (κ1) is 19.8. The van der Waals surface area contributed by atoms with Crippen molar-refractivity contribution in [2.45, 2.75) is 52.5 Å². The first-order chi connectivity index (χ1) is 11.2. The standard InChI is InChI=1S/C18H27NO5/c1-6-23-14-9-8-13(11-15(14)24-7-2)18(4,5)17(22)19-12(3)10-16(20)21/h8-9,11-12H,6-7,10H2,1-5H3,(H,19,22)(H,20,21). The van der Waals surface area contributed by atoms with Crippen LogP contribution < -0.4 is 14.8 Å². The Bertz CT molecular complexity index is 583. The number of amides is 1. The smallest absolute Gasteiger partial charge is 0.305 e. The molecule has 0 aliphatic heterocycles. The molecular weight excluding hydrogens is 310 g/mol. The number of nitrogens with one attached hydrogen (secondary N) is 1. The van der Waals surface area contributed by atoms with Crippen LogP contribution in [0.4, 0.5) is 0 Å². The lowest BCUT2D eigenvalue weighted by Gasteiger charge is -2.27. The summed E-state index contributed by atoms with van der Waals surface area (Å²) in [5.41, 5.74) is -0.0574. The van der Waals surface area contributed by atoms with Gasteiger partial charge in [0, 0.05) is 6.04 Å². The number of rotatable bonds is 9. The molecule has 1 aromatic rings. The van der Waals surface area contributed by atoms with Crippen molar-refractivity contribution < 1.29 is 24.2 Å². The summed E-state index contributed by atoms with van der Waals surface area (Å²) in [7, 11) is 0. The zero-order chi connectivity index (χ0) is 18.3. The van der Waals surface area contributed by atoms with E-state index < -0.39 is 17.4 Å². The van der Waals surface area contributed by atoms with Gasteiger partial charge >= 0.3 is 5.97 Å². The van der Waals surface area contributed by atoms with Gasteiger partial charge in [-0.25, -0.2) is 0 Å². The summed E-state index contributed by atoms with van der Waals surface area (Å²) in [5.74, 6) is 0.0537. The molecule has 6 heteroatoms. The molecule has 1 unspecified atom stereocenters. The third kappa shape index (κ3) is 5.15. The van der Waals surface area contributed by atoms with E-state index in [1.807, 2.05) is 19.9 Å². The Morgan fingerprint density at radius 3 is 2.29 bits per heavy atom. The van der Waals surface area contributed by atoms with E-state index in [1.54, 1.807) is 32.9 Å². The number of hydrogen-bond acceptors (Lipinski definition) is 4. The molecule has 1 amide bonds. The van der Waals surface area contributed by atoms with Crippen molar-refractivity contribution in [3.8, 4) is 11.5 Å². The van der Waals surface area contributed by atoms with Gasteiger partial charge in [-0.3, -0.25) is 9.59 Å². The highest BCUT2D eigenvalue weighted by Gasteiger charge is 2.31. The summed E-state index contributed by atoms with van der Waals surface area (Å²) < 4.78 is 11.1. The van der Waals surface area contributed by atoms with Crippen LogP contribution in [0.1, 0.15) is 46.6 Å². The molecule has 0 bridgehead atoms. The van der Waals surface area contributed by atoms with E-state index in [0.29, 0.717) is 24.7 Å². The molecule has 0 aliphatic rings. The summed E-state index contributed by atoms with van der Waals surface area (Å²) in [6.45, 7) is 10.1. The maximum atomic E-state index is 12.6. The number of carbonyl (C=O) groups excluding carboxylic acids is 1. The van der Waals surface area contributed by atoms with Crippen LogP contribution in [0, 0.1) is 0 Å².